The molecule has 0 saturated heterocycles. The molecule has 2 aromatic heterocycles. The minimum atomic E-state index is 0.363. The Morgan fingerprint density at radius 3 is 1.62 bits per heavy atom. The molecule has 0 spiro atoms. The van der Waals surface area contributed by atoms with Crippen molar-refractivity contribution in [3.05, 3.63) is 156 Å². The summed E-state index contributed by atoms with van der Waals surface area (Å²) in [6.07, 6.45) is 0. The van der Waals surface area contributed by atoms with Gasteiger partial charge >= 0.3 is 0 Å². The SMILES string of the molecule is [C-]#[N+]c1cccc(-c2cc3c4ccccc4n(-c4ccccc4)c3cc2-n2c3ccccc3c3ccccc32)c1[N+]#[C-]. The first-order valence-electron chi connectivity index (χ1n) is 13.8. The Bertz CT molecular complexity index is 2380. The Balaban J connectivity index is 1.61. The molecule has 8 aromatic rings. The Morgan fingerprint density at radius 1 is 0.429 bits per heavy atom. The highest BCUT2D eigenvalue weighted by atomic mass is 15.0. The van der Waals surface area contributed by atoms with Crippen LogP contribution in [0, 0.1) is 13.1 Å². The minimum absolute atomic E-state index is 0.363. The molecule has 8 rings (SSSR count). The maximum atomic E-state index is 8.07. The van der Waals surface area contributed by atoms with Crippen molar-refractivity contribution >= 4 is 55.0 Å². The predicted molar refractivity (Wildman–Crippen MR) is 173 cm³/mol. The van der Waals surface area contributed by atoms with E-state index < -0.39 is 0 Å². The van der Waals surface area contributed by atoms with Crippen molar-refractivity contribution in [1.82, 2.24) is 9.13 Å². The summed E-state index contributed by atoms with van der Waals surface area (Å²) in [5, 5.41) is 4.57. The van der Waals surface area contributed by atoms with Crippen LogP contribution in [0.1, 0.15) is 0 Å². The molecule has 0 aliphatic carbocycles. The van der Waals surface area contributed by atoms with E-state index in [1.165, 1.54) is 10.8 Å². The molecule has 0 atom stereocenters. The number of hydrogen-bond acceptors (Lipinski definition) is 0. The average molecular weight is 535 g/mol. The smallest absolute Gasteiger partial charge is 0.202 e. The van der Waals surface area contributed by atoms with Gasteiger partial charge in [0.2, 0.25) is 5.69 Å². The maximum Gasteiger partial charge on any atom is 0.202 e. The van der Waals surface area contributed by atoms with E-state index in [2.05, 4.69) is 128 Å². The summed E-state index contributed by atoms with van der Waals surface area (Å²) < 4.78 is 4.63. The molecule has 0 N–H and O–H groups in total. The van der Waals surface area contributed by atoms with Crippen LogP contribution in [0.4, 0.5) is 11.4 Å². The van der Waals surface area contributed by atoms with Crippen molar-refractivity contribution in [1.29, 1.82) is 0 Å². The van der Waals surface area contributed by atoms with Gasteiger partial charge in [-0.05, 0) is 53.6 Å². The first kappa shape index (κ1) is 23.8. The molecule has 0 fully saturated rings. The first-order chi connectivity index (χ1) is 20.8. The molecule has 4 heteroatoms. The van der Waals surface area contributed by atoms with E-state index in [-0.39, 0.29) is 0 Å². The van der Waals surface area contributed by atoms with Gasteiger partial charge in [-0.15, -0.1) is 0 Å². The summed E-state index contributed by atoms with van der Waals surface area (Å²) in [7, 11) is 0. The number of aromatic nitrogens is 2. The molecular formula is C38H22N4. The third kappa shape index (κ3) is 3.33. The van der Waals surface area contributed by atoms with Crippen LogP contribution in [0.15, 0.2) is 133 Å². The summed E-state index contributed by atoms with van der Waals surface area (Å²) in [5.41, 5.74) is 8.84. The summed E-state index contributed by atoms with van der Waals surface area (Å²) in [5.74, 6) is 0. The van der Waals surface area contributed by atoms with Crippen molar-refractivity contribution in [2.45, 2.75) is 0 Å². The van der Waals surface area contributed by atoms with Gasteiger partial charge in [-0.3, -0.25) is 4.85 Å². The van der Waals surface area contributed by atoms with Crippen LogP contribution in [0.25, 0.3) is 75.8 Å². The quantitative estimate of drug-likeness (QED) is 0.201. The third-order valence-electron chi connectivity index (χ3n) is 8.16. The van der Waals surface area contributed by atoms with Crippen molar-refractivity contribution in [3.8, 4) is 22.5 Å². The Labute approximate surface area is 242 Å². The van der Waals surface area contributed by atoms with Gasteiger partial charge in [0.25, 0.3) is 0 Å². The highest BCUT2D eigenvalue weighted by Gasteiger charge is 2.22. The average Bonchev–Trinajstić information content (AvgIpc) is 3.56. The third-order valence-corrected chi connectivity index (χ3v) is 8.16. The summed E-state index contributed by atoms with van der Waals surface area (Å²) >= 11 is 0. The van der Waals surface area contributed by atoms with E-state index in [1.54, 1.807) is 6.07 Å². The molecule has 0 bridgehead atoms. The van der Waals surface area contributed by atoms with Crippen LogP contribution in [0.2, 0.25) is 0 Å². The van der Waals surface area contributed by atoms with E-state index in [0.29, 0.717) is 11.4 Å². The molecule has 42 heavy (non-hydrogen) atoms. The molecule has 6 aromatic carbocycles. The Kier molecular flexibility index (Phi) is 5.22. The van der Waals surface area contributed by atoms with E-state index in [4.69, 9.17) is 13.1 Å². The Hall–Kier alpha value is -6.10. The molecule has 0 amide bonds. The van der Waals surface area contributed by atoms with E-state index in [9.17, 15) is 0 Å². The van der Waals surface area contributed by atoms with Gasteiger partial charge in [-0.25, -0.2) is 4.85 Å². The molecule has 0 unspecified atom stereocenters. The first-order valence-corrected chi connectivity index (χ1v) is 13.8. The molecular weight excluding hydrogens is 512 g/mol. The lowest BCUT2D eigenvalue weighted by molar-refractivity contribution is 1.16. The van der Waals surface area contributed by atoms with Crippen molar-refractivity contribution in [3.63, 3.8) is 0 Å². The number of benzene rings is 6. The van der Waals surface area contributed by atoms with Gasteiger partial charge in [-0.1, -0.05) is 91.0 Å². The zero-order valence-corrected chi connectivity index (χ0v) is 22.5. The zero-order chi connectivity index (χ0) is 28.2. The van der Waals surface area contributed by atoms with Crippen LogP contribution in [0.3, 0.4) is 0 Å². The number of hydrogen-bond donors (Lipinski definition) is 0. The zero-order valence-electron chi connectivity index (χ0n) is 22.5. The van der Waals surface area contributed by atoms with E-state index >= 15 is 0 Å². The lowest BCUT2D eigenvalue weighted by Gasteiger charge is -2.17. The number of fused-ring (bicyclic) bond motifs is 6. The fraction of sp³-hybridized carbons (Fsp3) is 0. The fourth-order valence-corrected chi connectivity index (χ4v) is 6.40. The topological polar surface area (TPSA) is 18.6 Å². The Morgan fingerprint density at radius 2 is 1.00 bits per heavy atom. The van der Waals surface area contributed by atoms with Crippen LogP contribution in [-0.4, -0.2) is 9.13 Å². The second kappa shape index (κ2) is 9.24. The molecule has 2 heterocycles. The van der Waals surface area contributed by atoms with Crippen LogP contribution < -0.4 is 0 Å². The van der Waals surface area contributed by atoms with E-state index in [1.807, 2.05) is 18.2 Å². The second-order valence-corrected chi connectivity index (χ2v) is 10.3. The molecule has 4 nitrogen and oxygen atoms in total. The van der Waals surface area contributed by atoms with Gasteiger partial charge in [-0.2, -0.15) is 0 Å². The van der Waals surface area contributed by atoms with E-state index in [0.717, 1.165) is 55.3 Å². The summed E-state index contributed by atoms with van der Waals surface area (Å²) in [4.78, 5) is 7.58. The highest BCUT2D eigenvalue weighted by molar-refractivity contribution is 6.14. The van der Waals surface area contributed by atoms with Crippen molar-refractivity contribution < 1.29 is 0 Å². The number of rotatable bonds is 3. The van der Waals surface area contributed by atoms with Gasteiger partial charge in [0.05, 0.1) is 40.9 Å². The number of para-hydroxylation sites is 5. The van der Waals surface area contributed by atoms with Crippen LogP contribution in [0.5, 0.6) is 0 Å². The molecule has 0 aliphatic rings. The summed E-state index contributed by atoms with van der Waals surface area (Å²) in [6.45, 7) is 15.8. The molecule has 0 aliphatic heterocycles. The van der Waals surface area contributed by atoms with Crippen molar-refractivity contribution in [2.75, 3.05) is 0 Å². The van der Waals surface area contributed by atoms with Crippen LogP contribution >= 0.6 is 0 Å². The monoisotopic (exact) mass is 534 g/mol. The fourth-order valence-electron chi connectivity index (χ4n) is 6.40. The largest absolute Gasteiger partial charge is 0.309 e. The normalized spacial score (nSPS) is 11.3. The second-order valence-electron chi connectivity index (χ2n) is 10.3. The predicted octanol–water partition coefficient (Wildman–Crippen LogP) is 10.6. The number of nitrogens with zero attached hydrogens (tertiary/aromatic N) is 4. The van der Waals surface area contributed by atoms with Crippen molar-refractivity contribution in [2.24, 2.45) is 0 Å². The van der Waals surface area contributed by atoms with Gasteiger partial charge in [0.1, 0.15) is 0 Å². The standard InChI is InChI=1S/C38H22N4/c1-39-32-19-12-18-29(38(32)40-2)31-23-30-28-17-8-9-20-33(28)41(25-13-4-3-5-14-25)36(30)24-37(31)42-34-21-10-6-15-26(34)27-16-7-11-22-35(27)42/h3-24H. The van der Waals surface area contributed by atoms with Crippen LogP contribution in [-0.2, 0) is 0 Å². The summed E-state index contributed by atoms with van der Waals surface area (Å²) in [6, 6.07) is 45.9. The lowest BCUT2D eigenvalue weighted by Crippen LogP contribution is -1.99. The maximum absolute atomic E-state index is 8.07. The molecule has 194 valence electrons. The molecule has 0 radical (unpaired) electrons. The van der Waals surface area contributed by atoms with Gasteiger partial charge in [0.15, 0.2) is 5.69 Å². The minimum Gasteiger partial charge on any atom is -0.309 e. The highest BCUT2D eigenvalue weighted by Crippen LogP contribution is 2.46. The van der Waals surface area contributed by atoms with Gasteiger partial charge < -0.3 is 9.13 Å². The van der Waals surface area contributed by atoms with Gasteiger partial charge in [0, 0.05) is 27.2 Å². The molecule has 0 saturated carbocycles. The lowest BCUT2D eigenvalue weighted by atomic mass is 9.97.